The first-order valence-corrected chi connectivity index (χ1v) is 10.4. The Morgan fingerprint density at radius 1 is 0.889 bits per heavy atom. The van der Waals surface area contributed by atoms with Crippen molar-refractivity contribution in [1.29, 1.82) is 0 Å². The van der Waals surface area contributed by atoms with Crippen LogP contribution >= 0.6 is 0 Å². The van der Waals surface area contributed by atoms with Crippen LogP contribution in [-0.2, 0) is 4.79 Å². The van der Waals surface area contributed by atoms with E-state index in [-0.39, 0.29) is 23.9 Å². The Morgan fingerprint density at radius 3 is 2.30 bits per heavy atom. The molecule has 2 saturated heterocycles. The molecule has 2 heterocycles. The Labute approximate surface area is 161 Å². The fourth-order valence-corrected chi connectivity index (χ4v) is 4.08. The third-order valence-corrected chi connectivity index (χ3v) is 5.92. The predicted molar refractivity (Wildman–Crippen MR) is 107 cm³/mol. The van der Waals surface area contributed by atoms with Gasteiger partial charge in [0.2, 0.25) is 5.91 Å². The van der Waals surface area contributed by atoms with E-state index in [1.807, 2.05) is 23.1 Å². The lowest BCUT2D eigenvalue weighted by atomic mass is 10.0. The lowest BCUT2D eigenvalue weighted by Gasteiger charge is -2.34. The van der Waals surface area contributed by atoms with Crippen molar-refractivity contribution in [3.63, 3.8) is 0 Å². The first-order chi connectivity index (χ1) is 13.2. The minimum atomic E-state index is -0.0357. The molecular weight excluding hydrogens is 340 g/mol. The number of piperidine rings is 2. The lowest BCUT2D eigenvalue weighted by Crippen LogP contribution is -2.48. The van der Waals surface area contributed by atoms with Gasteiger partial charge in [0.25, 0.3) is 0 Å². The van der Waals surface area contributed by atoms with Crippen molar-refractivity contribution in [2.45, 2.75) is 51.0 Å². The summed E-state index contributed by atoms with van der Waals surface area (Å²) in [6, 6.07) is 8.27. The molecule has 4 rings (SSSR count). The number of nitrogens with one attached hydrogen (secondary N) is 2. The molecule has 0 aromatic heterocycles. The second-order valence-corrected chi connectivity index (χ2v) is 8.04. The summed E-state index contributed by atoms with van der Waals surface area (Å²) in [4.78, 5) is 28.9. The molecule has 1 aliphatic carbocycles. The van der Waals surface area contributed by atoms with Gasteiger partial charge in [-0.1, -0.05) is 12.1 Å². The van der Waals surface area contributed by atoms with Gasteiger partial charge in [0, 0.05) is 38.1 Å². The summed E-state index contributed by atoms with van der Waals surface area (Å²) in [7, 11) is 0. The monoisotopic (exact) mass is 370 g/mol. The fraction of sp³-hybridized carbons (Fsp3) is 0.619. The third-order valence-electron chi connectivity index (χ3n) is 5.92. The molecular formula is C21H30N4O2. The van der Waals surface area contributed by atoms with Crippen molar-refractivity contribution in [2.24, 2.45) is 5.92 Å². The molecule has 146 valence electrons. The van der Waals surface area contributed by atoms with Crippen LogP contribution in [-0.4, -0.2) is 49.1 Å². The predicted octanol–water partition coefficient (Wildman–Crippen LogP) is 3.20. The average molecular weight is 370 g/mol. The van der Waals surface area contributed by atoms with E-state index in [4.69, 9.17) is 0 Å². The summed E-state index contributed by atoms with van der Waals surface area (Å²) in [6.45, 7) is 3.48. The highest BCUT2D eigenvalue weighted by molar-refractivity contribution is 5.93. The van der Waals surface area contributed by atoms with Gasteiger partial charge >= 0.3 is 6.03 Å². The summed E-state index contributed by atoms with van der Waals surface area (Å²) >= 11 is 0. The van der Waals surface area contributed by atoms with Gasteiger partial charge in [0.1, 0.15) is 0 Å². The zero-order chi connectivity index (χ0) is 18.6. The number of anilines is 2. The summed E-state index contributed by atoms with van der Waals surface area (Å²) in [5.41, 5.74) is 2.02. The van der Waals surface area contributed by atoms with Crippen LogP contribution in [0.2, 0.25) is 0 Å². The smallest absolute Gasteiger partial charge is 0.321 e. The SMILES string of the molecule is O=C(NC1CCN(C(=O)Nc2ccccc2N2CCCCC2)CC1)C1CC1. The van der Waals surface area contributed by atoms with Crippen LogP contribution in [0.3, 0.4) is 0 Å². The van der Waals surface area contributed by atoms with Gasteiger partial charge in [0.15, 0.2) is 0 Å². The molecule has 0 spiro atoms. The molecule has 0 unspecified atom stereocenters. The zero-order valence-electron chi connectivity index (χ0n) is 16.0. The topological polar surface area (TPSA) is 64.7 Å². The van der Waals surface area contributed by atoms with Crippen molar-refractivity contribution < 1.29 is 9.59 Å². The van der Waals surface area contributed by atoms with Crippen LogP contribution in [0.15, 0.2) is 24.3 Å². The first-order valence-electron chi connectivity index (χ1n) is 10.4. The molecule has 0 atom stereocenters. The number of carbonyl (C=O) groups is 2. The summed E-state index contributed by atoms with van der Waals surface area (Å²) in [6.07, 6.45) is 7.44. The summed E-state index contributed by atoms with van der Waals surface area (Å²) < 4.78 is 0. The van der Waals surface area contributed by atoms with Crippen LogP contribution in [0, 0.1) is 5.92 Å². The molecule has 1 saturated carbocycles. The molecule has 1 aromatic carbocycles. The van der Waals surface area contributed by atoms with Gasteiger partial charge < -0.3 is 20.4 Å². The first kappa shape index (κ1) is 18.1. The van der Waals surface area contributed by atoms with Crippen LogP contribution < -0.4 is 15.5 Å². The van der Waals surface area contributed by atoms with Gasteiger partial charge in [-0.15, -0.1) is 0 Å². The molecule has 3 amide bonds. The van der Waals surface area contributed by atoms with Crippen molar-refractivity contribution in [2.75, 3.05) is 36.4 Å². The molecule has 2 aliphatic heterocycles. The number of para-hydroxylation sites is 2. The van der Waals surface area contributed by atoms with Crippen LogP contribution in [0.4, 0.5) is 16.2 Å². The van der Waals surface area contributed by atoms with E-state index in [0.29, 0.717) is 13.1 Å². The van der Waals surface area contributed by atoms with Gasteiger partial charge in [-0.3, -0.25) is 4.79 Å². The van der Waals surface area contributed by atoms with Crippen LogP contribution in [0.1, 0.15) is 44.9 Å². The Kier molecular flexibility index (Phi) is 5.50. The van der Waals surface area contributed by atoms with E-state index in [2.05, 4.69) is 21.6 Å². The van der Waals surface area contributed by atoms with Gasteiger partial charge in [-0.25, -0.2) is 4.79 Å². The zero-order valence-corrected chi connectivity index (χ0v) is 16.0. The molecule has 3 aliphatic rings. The normalized spacial score (nSPS) is 21.0. The minimum Gasteiger partial charge on any atom is -0.370 e. The highest BCUT2D eigenvalue weighted by Crippen LogP contribution is 2.30. The number of urea groups is 1. The number of likely N-dealkylation sites (tertiary alicyclic amines) is 1. The average Bonchev–Trinajstić information content (AvgIpc) is 3.55. The van der Waals surface area contributed by atoms with E-state index in [9.17, 15) is 9.59 Å². The molecule has 3 fully saturated rings. The van der Waals surface area contributed by atoms with E-state index < -0.39 is 0 Å². The lowest BCUT2D eigenvalue weighted by molar-refractivity contribution is -0.123. The highest BCUT2D eigenvalue weighted by Gasteiger charge is 2.32. The number of benzene rings is 1. The van der Waals surface area contributed by atoms with Crippen molar-refractivity contribution in [1.82, 2.24) is 10.2 Å². The maximum atomic E-state index is 12.8. The maximum absolute atomic E-state index is 12.8. The van der Waals surface area contributed by atoms with E-state index >= 15 is 0 Å². The quantitative estimate of drug-likeness (QED) is 0.855. The van der Waals surface area contributed by atoms with Crippen LogP contribution in [0.25, 0.3) is 0 Å². The molecule has 1 aromatic rings. The van der Waals surface area contributed by atoms with Crippen molar-refractivity contribution in [3.8, 4) is 0 Å². The van der Waals surface area contributed by atoms with E-state index in [1.54, 1.807) is 0 Å². The summed E-state index contributed by atoms with van der Waals surface area (Å²) in [5, 5.41) is 6.26. The van der Waals surface area contributed by atoms with Gasteiger partial charge in [0.05, 0.1) is 11.4 Å². The summed E-state index contributed by atoms with van der Waals surface area (Å²) in [5.74, 6) is 0.450. The van der Waals surface area contributed by atoms with E-state index in [0.717, 1.165) is 50.1 Å². The largest absolute Gasteiger partial charge is 0.370 e. The van der Waals surface area contributed by atoms with Gasteiger partial charge in [-0.05, 0) is 57.1 Å². The number of hydrogen-bond donors (Lipinski definition) is 2. The fourth-order valence-electron chi connectivity index (χ4n) is 4.08. The Morgan fingerprint density at radius 2 is 1.59 bits per heavy atom. The molecule has 2 N–H and O–H groups in total. The molecule has 0 bridgehead atoms. The van der Waals surface area contributed by atoms with Crippen LogP contribution in [0.5, 0.6) is 0 Å². The molecule has 6 nitrogen and oxygen atoms in total. The standard InChI is InChI=1S/C21H30N4O2/c26-20(16-8-9-16)22-17-10-14-25(15-11-17)21(27)23-18-6-2-3-7-19(18)24-12-4-1-5-13-24/h2-3,6-7,16-17H,1,4-5,8-15H2,(H,22,26)(H,23,27). The number of amides is 3. The Balaban J connectivity index is 1.31. The molecule has 0 radical (unpaired) electrons. The number of carbonyl (C=O) groups excluding carboxylic acids is 2. The molecule has 6 heteroatoms. The third kappa shape index (κ3) is 4.54. The van der Waals surface area contributed by atoms with Crippen molar-refractivity contribution >= 4 is 23.3 Å². The second kappa shape index (κ2) is 8.19. The Hall–Kier alpha value is -2.24. The minimum absolute atomic E-state index is 0.0357. The molecule has 27 heavy (non-hydrogen) atoms. The van der Waals surface area contributed by atoms with Gasteiger partial charge in [-0.2, -0.15) is 0 Å². The van der Waals surface area contributed by atoms with Crippen molar-refractivity contribution in [3.05, 3.63) is 24.3 Å². The Bertz CT molecular complexity index is 675. The maximum Gasteiger partial charge on any atom is 0.321 e. The number of nitrogens with zero attached hydrogens (tertiary/aromatic N) is 2. The highest BCUT2D eigenvalue weighted by atomic mass is 16.2. The number of hydrogen-bond acceptors (Lipinski definition) is 3. The second-order valence-electron chi connectivity index (χ2n) is 8.04. The van der Waals surface area contributed by atoms with E-state index in [1.165, 1.54) is 19.3 Å². The number of rotatable bonds is 4.